The summed E-state index contributed by atoms with van der Waals surface area (Å²) in [6.07, 6.45) is 0.709. The molecule has 0 radical (unpaired) electrons. The van der Waals surface area contributed by atoms with Crippen LogP contribution in [-0.2, 0) is 0 Å². The van der Waals surface area contributed by atoms with Gasteiger partial charge in [0.05, 0.1) is 10.6 Å². The first-order valence-corrected chi connectivity index (χ1v) is 7.49. The zero-order valence-corrected chi connectivity index (χ0v) is 13.6. The summed E-state index contributed by atoms with van der Waals surface area (Å²) in [7, 11) is 0. The molecule has 23 heavy (non-hydrogen) atoms. The van der Waals surface area contributed by atoms with Gasteiger partial charge < -0.3 is 5.32 Å². The Kier molecular flexibility index (Phi) is 5.19. The van der Waals surface area contributed by atoms with Gasteiger partial charge in [0.1, 0.15) is 0 Å². The molecule has 0 unspecified atom stereocenters. The average molecular weight is 329 g/mol. The largest absolute Gasteiger partial charge is 0.359 e. The van der Waals surface area contributed by atoms with Crippen molar-refractivity contribution in [1.29, 1.82) is 0 Å². The van der Waals surface area contributed by atoms with Crippen molar-refractivity contribution in [2.45, 2.75) is 13.3 Å². The molecule has 0 atom stereocenters. The van der Waals surface area contributed by atoms with Crippen molar-refractivity contribution < 1.29 is 4.92 Å². The third-order valence-corrected chi connectivity index (χ3v) is 3.81. The van der Waals surface area contributed by atoms with Gasteiger partial charge in [0, 0.05) is 34.0 Å². The van der Waals surface area contributed by atoms with Gasteiger partial charge in [0.15, 0.2) is 0 Å². The van der Waals surface area contributed by atoms with Crippen molar-refractivity contribution in [2.24, 2.45) is 0 Å². The number of rotatable bonds is 6. The Hall–Kier alpha value is -2.59. The molecule has 1 N–H and O–H groups in total. The van der Waals surface area contributed by atoms with E-state index < -0.39 is 4.92 Å². The Morgan fingerprint density at radius 2 is 1.91 bits per heavy atom. The van der Waals surface area contributed by atoms with Gasteiger partial charge in [-0.25, -0.2) is 0 Å². The van der Waals surface area contributed by atoms with Crippen molar-refractivity contribution >= 4 is 28.5 Å². The van der Waals surface area contributed by atoms with E-state index in [0.29, 0.717) is 22.7 Å². The number of nitro groups is 1. The Labute approximate surface area is 140 Å². The highest BCUT2D eigenvalue weighted by atomic mass is 35.5. The highest BCUT2D eigenvalue weighted by molar-refractivity contribution is 6.32. The van der Waals surface area contributed by atoms with Gasteiger partial charge in [-0.3, -0.25) is 10.1 Å². The second kappa shape index (κ2) is 7.11. The van der Waals surface area contributed by atoms with Crippen LogP contribution in [0.3, 0.4) is 0 Å². The molecule has 0 aliphatic rings. The smallest absolute Gasteiger partial charge is 0.271 e. The van der Waals surface area contributed by atoms with Crippen LogP contribution in [0.5, 0.6) is 0 Å². The number of nitrogens with one attached hydrogen (secondary N) is 1. The maximum atomic E-state index is 11.0. The molecule has 5 heteroatoms. The topological polar surface area (TPSA) is 55.2 Å². The molecule has 0 saturated carbocycles. The summed E-state index contributed by atoms with van der Waals surface area (Å²) in [5.41, 5.74) is 3.59. The molecular formula is C18H17ClN2O2. The molecule has 2 rings (SSSR count). The van der Waals surface area contributed by atoms with Crippen LogP contribution in [0.25, 0.3) is 5.57 Å². The maximum Gasteiger partial charge on any atom is 0.271 e. The number of hydrogen-bond acceptors (Lipinski definition) is 3. The predicted molar refractivity (Wildman–Crippen MR) is 95.7 cm³/mol. The van der Waals surface area contributed by atoms with Crippen LogP contribution in [0.4, 0.5) is 11.4 Å². The molecular weight excluding hydrogens is 312 g/mol. The second-order valence-corrected chi connectivity index (χ2v) is 5.43. The summed E-state index contributed by atoms with van der Waals surface area (Å²) in [5.74, 6) is 0. The maximum absolute atomic E-state index is 11.0. The third-order valence-electron chi connectivity index (χ3n) is 3.48. The first-order valence-electron chi connectivity index (χ1n) is 7.11. The highest BCUT2D eigenvalue weighted by Crippen LogP contribution is 2.34. The standard InChI is InChI=1S/C18H17ClN2O2/c1-4-12(2)20-18-11-14(21(22)23)9-10-16(18)13(3)15-7-5-6-8-17(15)19/h5-11,20H,2-4H2,1H3. The zero-order valence-electron chi connectivity index (χ0n) is 12.8. The quantitative estimate of drug-likeness (QED) is 0.551. The molecule has 0 bridgehead atoms. The van der Waals surface area contributed by atoms with E-state index in [1.54, 1.807) is 12.1 Å². The summed E-state index contributed by atoms with van der Waals surface area (Å²) in [6, 6.07) is 12.0. The van der Waals surface area contributed by atoms with Crippen molar-refractivity contribution in [3.05, 3.63) is 87.6 Å². The number of non-ortho nitro benzene ring substituents is 1. The molecule has 4 nitrogen and oxygen atoms in total. The van der Waals surface area contributed by atoms with Crippen molar-refractivity contribution in [1.82, 2.24) is 0 Å². The minimum Gasteiger partial charge on any atom is -0.359 e. The minimum absolute atomic E-state index is 0.00658. The predicted octanol–water partition coefficient (Wildman–Crippen LogP) is 5.65. The van der Waals surface area contributed by atoms with Gasteiger partial charge in [-0.15, -0.1) is 0 Å². The van der Waals surface area contributed by atoms with E-state index in [9.17, 15) is 10.1 Å². The molecule has 0 aromatic heterocycles. The average Bonchev–Trinajstić information content (AvgIpc) is 2.54. The van der Waals surface area contributed by atoms with E-state index in [2.05, 4.69) is 18.5 Å². The van der Waals surface area contributed by atoms with Gasteiger partial charge >= 0.3 is 0 Å². The van der Waals surface area contributed by atoms with Crippen LogP contribution in [-0.4, -0.2) is 4.92 Å². The number of benzene rings is 2. The summed E-state index contributed by atoms with van der Waals surface area (Å²) in [6.45, 7) is 9.95. The van der Waals surface area contributed by atoms with E-state index in [1.165, 1.54) is 12.1 Å². The van der Waals surface area contributed by atoms with Crippen molar-refractivity contribution in [3.63, 3.8) is 0 Å². The lowest BCUT2D eigenvalue weighted by Gasteiger charge is -2.15. The van der Waals surface area contributed by atoms with E-state index in [0.717, 1.165) is 16.8 Å². The van der Waals surface area contributed by atoms with E-state index in [4.69, 9.17) is 11.6 Å². The second-order valence-electron chi connectivity index (χ2n) is 5.03. The SMILES string of the molecule is C=C(CC)Nc1cc([N+](=O)[O-])ccc1C(=C)c1ccccc1Cl. The molecule has 0 fully saturated rings. The number of nitro benzene ring substituents is 1. The summed E-state index contributed by atoms with van der Waals surface area (Å²) < 4.78 is 0. The number of halogens is 1. The van der Waals surface area contributed by atoms with Gasteiger partial charge in [-0.05, 0) is 24.1 Å². The number of allylic oxidation sites excluding steroid dienone is 1. The Bertz CT molecular complexity index is 784. The number of hydrogen-bond donors (Lipinski definition) is 1. The van der Waals surface area contributed by atoms with E-state index in [1.807, 2.05) is 25.1 Å². The molecule has 0 aliphatic heterocycles. The van der Waals surface area contributed by atoms with Crippen LogP contribution in [0.15, 0.2) is 61.3 Å². The first kappa shape index (κ1) is 16.8. The van der Waals surface area contributed by atoms with E-state index in [-0.39, 0.29) is 5.69 Å². The summed E-state index contributed by atoms with van der Waals surface area (Å²) >= 11 is 6.23. The first-order chi connectivity index (χ1) is 10.9. The Balaban J connectivity index is 2.52. The Morgan fingerprint density at radius 3 is 2.52 bits per heavy atom. The molecule has 0 spiro atoms. The van der Waals surface area contributed by atoms with Crippen molar-refractivity contribution in [3.8, 4) is 0 Å². The Morgan fingerprint density at radius 1 is 1.22 bits per heavy atom. The molecule has 2 aromatic carbocycles. The highest BCUT2D eigenvalue weighted by Gasteiger charge is 2.15. The van der Waals surface area contributed by atoms with Crippen LogP contribution in [0.2, 0.25) is 5.02 Å². The summed E-state index contributed by atoms with van der Waals surface area (Å²) in [4.78, 5) is 10.6. The van der Waals surface area contributed by atoms with E-state index >= 15 is 0 Å². The third kappa shape index (κ3) is 3.79. The van der Waals surface area contributed by atoms with Gasteiger partial charge in [0.25, 0.3) is 5.69 Å². The normalized spacial score (nSPS) is 10.2. The lowest BCUT2D eigenvalue weighted by molar-refractivity contribution is -0.384. The zero-order chi connectivity index (χ0) is 17.0. The number of nitrogens with zero attached hydrogens (tertiary/aromatic N) is 1. The van der Waals surface area contributed by atoms with Crippen LogP contribution < -0.4 is 5.32 Å². The van der Waals surface area contributed by atoms with Crippen LogP contribution >= 0.6 is 11.6 Å². The monoisotopic (exact) mass is 328 g/mol. The van der Waals surface area contributed by atoms with Gasteiger partial charge in [0.2, 0.25) is 0 Å². The lowest BCUT2D eigenvalue weighted by atomic mass is 9.97. The molecule has 118 valence electrons. The molecule has 0 amide bonds. The van der Waals surface area contributed by atoms with Crippen molar-refractivity contribution in [2.75, 3.05) is 5.32 Å². The molecule has 0 heterocycles. The minimum atomic E-state index is -0.429. The lowest BCUT2D eigenvalue weighted by Crippen LogP contribution is -2.02. The van der Waals surface area contributed by atoms with Crippen LogP contribution in [0.1, 0.15) is 24.5 Å². The molecule has 0 aliphatic carbocycles. The van der Waals surface area contributed by atoms with Gasteiger partial charge in [-0.2, -0.15) is 0 Å². The molecule has 2 aromatic rings. The number of anilines is 1. The van der Waals surface area contributed by atoms with Crippen LogP contribution in [0, 0.1) is 10.1 Å². The summed E-state index contributed by atoms with van der Waals surface area (Å²) in [5, 5.41) is 14.7. The molecule has 0 saturated heterocycles. The fourth-order valence-electron chi connectivity index (χ4n) is 2.14. The van der Waals surface area contributed by atoms with Gasteiger partial charge in [-0.1, -0.05) is 49.9 Å². The fraction of sp³-hybridized carbons (Fsp3) is 0.111. The fourth-order valence-corrected chi connectivity index (χ4v) is 2.39.